The molecule has 0 atom stereocenters. The Bertz CT molecular complexity index is 772. The smallest absolute Gasteiger partial charge is 0.264 e. The molecule has 1 heterocycles. The van der Waals surface area contributed by atoms with E-state index < -0.39 is 0 Å². The lowest BCUT2D eigenvalue weighted by Crippen LogP contribution is -2.01. The molecule has 2 aromatic carbocycles. The van der Waals surface area contributed by atoms with E-state index in [4.69, 9.17) is 30.7 Å². The van der Waals surface area contributed by atoms with Gasteiger partial charge < -0.3 is 19.1 Å². The molecule has 0 saturated heterocycles. The van der Waals surface area contributed by atoms with Crippen LogP contribution >= 0.6 is 11.6 Å². The molecule has 6 nitrogen and oxygen atoms in total. The minimum Gasteiger partial charge on any atom is -0.491 e. The van der Waals surface area contributed by atoms with E-state index in [1.807, 2.05) is 12.1 Å². The van der Waals surface area contributed by atoms with Gasteiger partial charge in [0.25, 0.3) is 5.89 Å². The maximum atomic E-state index is 8.71. The number of hydrogen-bond acceptors (Lipinski definition) is 6. The first-order valence-corrected chi connectivity index (χ1v) is 7.67. The van der Waals surface area contributed by atoms with Crippen molar-refractivity contribution in [3.05, 3.63) is 59.4 Å². The molecule has 3 aromatic rings. The third-order valence-electron chi connectivity index (χ3n) is 3.12. The minimum atomic E-state index is -0.0225. The van der Waals surface area contributed by atoms with Crippen molar-refractivity contribution in [1.82, 2.24) is 10.1 Å². The van der Waals surface area contributed by atoms with Crippen LogP contribution in [0.1, 0.15) is 5.89 Å². The van der Waals surface area contributed by atoms with Crippen LogP contribution in [-0.4, -0.2) is 28.5 Å². The number of aromatic nitrogens is 2. The summed E-state index contributed by atoms with van der Waals surface area (Å²) in [5.74, 6) is 2.18. The highest BCUT2D eigenvalue weighted by Gasteiger charge is 2.09. The average molecular weight is 347 g/mol. The van der Waals surface area contributed by atoms with Crippen LogP contribution in [0.15, 0.2) is 53.1 Å². The van der Waals surface area contributed by atoms with Gasteiger partial charge in [0.05, 0.1) is 6.61 Å². The standard InChI is InChI=1S/C17H15ClN2O4/c18-13-3-1-12(2-4-13)17-19-16(24-20-17)11-23-15-7-5-14(6-8-15)22-10-9-21/h1-8,21H,9-11H2. The van der Waals surface area contributed by atoms with E-state index >= 15 is 0 Å². The number of ether oxygens (including phenoxy) is 2. The zero-order chi connectivity index (χ0) is 16.8. The van der Waals surface area contributed by atoms with Crippen LogP contribution in [0.5, 0.6) is 11.5 Å². The normalized spacial score (nSPS) is 10.6. The Morgan fingerprint density at radius 1 is 0.958 bits per heavy atom. The van der Waals surface area contributed by atoms with Gasteiger partial charge in [-0.15, -0.1) is 0 Å². The van der Waals surface area contributed by atoms with Crippen LogP contribution in [0.25, 0.3) is 11.4 Å². The van der Waals surface area contributed by atoms with Gasteiger partial charge in [-0.05, 0) is 48.5 Å². The first-order valence-electron chi connectivity index (χ1n) is 7.29. The Morgan fingerprint density at radius 3 is 2.29 bits per heavy atom. The van der Waals surface area contributed by atoms with Crippen LogP contribution < -0.4 is 9.47 Å². The van der Waals surface area contributed by atoms with Gasteiger partial charge in [0.1, 0.15) is 18.1 Å². The Hall–Kier alpha value is -2.57. The summed E-state index contributed by atoms with van der Waals surface area (Å²) in [6.07, 6.45) is 0. The summed E-state index contributed by atoms with van der Waals surface area (Å²) in [6.45, 7) is 0.401. The van der Waals surface area contributed by atoms with Gasteiger partial charge in [-0.3, -0.25) is 0 Å². The number of aliphatic hydroxyl groups excluding tert-OH is 1. The predicted octanol–water partition coefficient (Wildman–Crippen LogP) is 3.34. The summed E-state index contributed by atoms with van der Waals surface area (Å²) in [4.78, 5) is 4.28. The zero-order valence-electron chi connectivity index (χ0n) is 12.7. The molecular weight excluding hydrogens is 332 g/mol. The second-order valence-electron chi connectivity index (χ2n) is 4.85. The van der Waals surface area contributed by atoms with E-state index in [-0.39, 0.29) is 19.8 Å². The SMILES string of the molecule is OCCOc1ccc(OCc2nc(-c3ccc(Cl)cc3)no2)cc1. The Kier molecular flexibility index (Phi) is 5.30. The number of rotatable bonds is 7. The average Bonchev–Trinajstić information content (AvgIpc) is 3.09. The highest BCUT2D eigenvalue weighted by atomic mass is 35.5. The number of aliphatic hydroxyl groups is 1. The summed E-state index contributed by atoms with van der Waals surface area (Å²) in [5.41, 5.74) is 0.819. The van der Waals surface area contributed by atoms with E-state index in [0.717, 1.165) is 5.56 Å². The summed E-state index contributed by atoms with van der Waals surface area (Å²) in [5, 5.41) is 13.3. The van der Waals surface area contributed by atoms with Gasteiger partial charge >= 0.3 is 0 Å². The lowest BCUT2D eigenvalue weighted by molar-refractivity contribution is 0.201. The highest BCUT2D eigenvalue weighted by Crippen LogP contribution is 2.21. The molecule has 0 radical (unpaired) electrons. The van der Waals surface area contributed by atoms with Gasteiger partial charge in [0.15, 0.2) is 6.61 Å². The maximum absolute atomic E-state index is 8.71. The van der Waals surface area contributed by atoms with Crippen LogP contribution in [0, 0.1) is 0 Å². The summed E-state index contributed by atoms with van der Waals surface area (Å²) in [6, 6.07) is 14.2. The summed E-state index contributed by atoms with van der Waals surface area (Å²) in [7, 11) is 0. The highest BCUT2D eigenvalue weighted by molar-refractivity contribution is 6.30. The predicted molar refractivity (Wildman–Crippen MR) is 88.1 cm³/mol. The Balaban J connectivity index is 1.58. The molecule has 24 heavy (non-hydrogen) atoms. The molecule has 1 N–H and O–H groups in total. The molecule has 0 fully saturated rings. The van der Waals surface area contributed by atoms with Crippen LogP contribution in [0.3, 0.4) is 0 Å². The van der Waals surface area contributed by atoms with Gasteiger partial charge in [0, 0.05) is 10.6 Å². The topological polar surface area (TPSA) is 77.6 Å². The van der Waals surface area contributed by atoms with E-state index in [2.05, 4.69) is 10.1 Å². The molecule has 0 spiro atoms. The van der Waals surface area contributed by atoms with Crippen molar-refractivity contribution < 1.29 is 19.1 Å². The van der Waals surface area contributed by atoms with E-state index in [1.54, 1.807) is 36.4 Å². The van der Waals surface area contributed by atoms with Crippen LogP contribution in [-0.2, 0) is 6.61 Å². The summed E-state index contributed by atoms with van der Waals surface area (Å²) >= 11 is 5.86. The quantitative estimate of drug-likeness (QED) is 0.707. The van der Waals surface area contributed by atoms with Crippen molar-refractivity contribution in [2.75, 3.05) is 13.2 Å². The fourth-order valence-corrected chi connectivity index (χ4v) is 2.10. The van der Waals surface area contributed by atoms with Crippen molar-refractivity contribution in [3.63, 3.8) is 0 Å². The molecule has 0 aliphatic carbocycles. The Morgan fingerprint density at radius 2 is 1.62 bits per heavy atom. The molecule has 0 amide bonds. The van der Waals surface area contributed by atoms with Crippen molar-refractivity contribution in [3.8, 4) is 22.9 Å². The molecule has 3 rings (SSSR count). The van der Waals surface area contributed by atoms with E-state index in [1.165, 1.54) is 0 Å². The number of hydrogen-bond donors (Lipinski definition) is 1. The largest absolute Gasteiger partial charge is 0.491 e. The summed E-state index contributed by atoms with van der Waals surface area (Å²) < 4.78 is 16.1. The first kappa shape index (κ1) is 16.3. The molecular formula is C17H15ClN2O4. The number of nitrogens with zero attached hydrogens (tertiary/aromatic N) is 2. The van der Waals surface area contributed by atoms with E-state index in [9.17, 15) is 0 Å². The molecule has 0 saturated carbocycles. The molecule has 124 valence electrons. The zero-order valence-corrected chi connectivity index (χ0v) is 13.4. The molecule has 0 aliphatic rings. The van der Waals surface area contributed by atoms with Gasteiger partial charge in [0.2, 0.25) is 5.82 Å². The van der Waals surface area contributed by atoms with Crippen LogP contribution in [0.4, 0.5) is 0 Å². The third-order valence-corrected chi connectivity index (χ3v) is 3.37. The second-order valence-corrected chi connectivity index (χ2v) is 5.29. The monoisotopic (exact) mass is 346 g/mol. The number of benzene rings is 2. The maximum Gasteiger partial charge on any atom is 0.264 e. The molecule has 7 heteroatoms. The van der Waals surface area contributed by atoms with Gasteiger partial charge in [-0.2, -0.15) is 4.98 Å². The van der Waals surface area contributed by atoms with Crippen molar-refractivity contribution in [2.24, 2.45) is 0 Å². The van der Waals surface area contributed by atoms with Gasteiger partial charge in [-0.1, -0.05) is 16.8 Å². The third kappa shape index (κ3) is 4.24. The second kappa shape index (κ2) is 7.81. The van der Waals surface area contributed by atoms with Gasteiger partial charge in [-0.25, -0.2) is 0 Å². The van der Waals surface area contributed by atoms with Crippen molar-refractivity contribution in [2.45, 2.75) is 6.61 Å². The van der Waals surface area contributed by atoms with Crippen LogP contribution in [0.2, 0.25) is 5.02 Å². The lowest BCUT2D eigenvalue weighted by atomic mass is 10.2. The first-order chi connectivity index (χ1) is 11.7. The lowest BCUT2D eigenvalue weighted by Gasteiger charge is -2.06. The molecule has 0 unspecified atom stereocenters. The molecule has 0 bridgehead atoms. The fraction of sp³-hybridized carbons (Fsp3) is 0.176. The number of halogens is 1. The minimum absolute atomic E-state index is 0.0225. The van der Waals surface area contributed by atoms with E-state index in [0.29, 0.717) is 28.2 Å². The van der Waals surface area contributed by atoms with Crippen molar-refractivity contribution >= 4 is 11.6 Å². The Labute approximate surface area is 143 Å². The fourth-order valence-electron chi connectivity index (χ4n) is 1.97. The van der Waals surface area contributed by atoms with Crippen molar-refractivity contribution in [1.29, 1.82) is 0 Å². The molecule has 0 aliphatic heterocycles. The molecule has 1 aromatic heterocycles.